The molecule has 2 heterocycles. The molecular formula is C27H31N9O3. The summed E-state index contributed by atoms with van der Waals surface area (Å²) in [5, 5.41) is 24.5. The number of carbonyl (C=O) groups is 2. The van der Waals surface area contributed by atoms with Gasteiger partial charge in [-0.2, -0.15) is 10.2 Å². The highest BCUT2D eigenvalue weighted by molar-refractivity contribution is 5.84. The largest absolute Gasteiger partial charge is 0.465 e. The van der Waals surface area contributed by atoms with E-state index in [-0.39, 0.29) is 11.9 Å². The maximum absolute atomic E-state index is 12.9. The Kier molecular flexibility index (Phi) is 8.86. The molecule has 4 rings (SSSR count). The van der Waals surface area contributed by atoms with Gasteiger partial charge < -0.3 is 25.5 Å². The van der Waals surface area contributed by atoms with Crippen LogP contribution in [0.2, 0.25) is 0 Å². The summed E-state index contributed by atoms with van der Waals surface area (Å²) in [4.78, 5) is 42.1. The Morgan fingerprint density at radius 3 is 2.44 bits per heavy atom. The number of rotatable bonds is 9. The first-order valence-corrected chi connectivity index (χ1v) is 12.5. The zero-order valence-corrected chi connectivity index (χ0v) is 21.9. The standard InChI is InChI=1S/C27H31N9O3/c1-34(2)24(37)23(15-19-6-8-20(16-28)9-7-19)32-26-30-18-29-25(33-26)31-22-5-3-4-21(14-22)17-35-10-12-36(13-11-35)27(38)39/h3-9,14,18,23H,10-13,15,17H2,1-2H3,(H,38,39)(H2,29,30,31,32,33). The highest BCUT2D eigenvalue weighted by Crippen LogP contribution is 2.18. The van der Waals surface area contributed by atoms with Crippen molar-refractivity contribution in [2.45, 2.75) is 19.0 Å². The molecule has 39 heavy (non-hydrogen) atoms. The Morgan fingerprint density at radius 1 is 1.05 bits per heavy atom. The fraction of sp³-hybridized carbons (Fsp3) is 0.333. The van der Waals surface area contributed by atoms with Gasteiger partial charge in [0.25, 0.3) is 0 Å². The molecule has 0 aliphatic carbocycles. The van der Waals surface area contributed by atoms with Gasteiger partial charge in [-0.3, -0.25) is 9.69 Å². The maximum atomic E-state index is 12.9. The van der Waals surface area contributed by atoms with Crippen molar-refractivity contribution in [1.82, 2.24) is 29.7 Å². The van der Waals surface area contributed by atoms with Gasteiger partial charge in [-0.1, -0.05) is 24.3 Å². The molecule has 1 unspecified atom stereocenters. The summed E-state index contributed by atoms with van der Waals surface area (Å²) in [5.41, 5.74) is 3.33. The van der Waals surface area contributed by atoms with E-state index < -0.39 is 12.1 Å². The lowest BCUT2D eigenvalue weighted by atomic mass is 10.0. The molecular weight excluding hydrogens is 498 g/mol. The molecule has 1 aromatic heterocycles. The highest BCUT2D eigenvalue weighted by atomic mass is 16.4. The second kappa shape index (κ2) is 12.7. The number of hydrogen-bond acceptors (Lipinski definition) is 9. The number of nitriles is 1. The van der Waals surface area contributed by atoms with Gasteiger partial charge in [0.1, 0.15) is 12.4 Å². The van der Waals surface area contributed by atoms with Crippen LogP contribution in [0.3, 0.4) is 0 Å². The first kappa shape index (κ1) is 27.3. The van der Waals surface area contributed by atoms with Crippen molar-refractivity contribution in [3.63, 3.8) is 0 Å². The predicted octanol–water partition coefficient (Wildman–Crippen LogP) is 2.39. The molecule has 3 aromatic rings. The van der Waals surface area contributed by atoms with Crippen molar-refractivity contribution in [1.29, 1.82) is 5.26 Å². The van der Waals surface area contributed by atoms with E-state index in [9.17, 15) is 9.59 Å². The molecule has 0 spiro atoms. The van der Waals surface area contributed by atoms with E-state index in [1.165, 1.54) is 16.1 Å². The van der Waals surface area contributed by atoms with Crippen LogP contribution in [-0.4, -0.2) is 93.1 Å². The molecule has 0 bridgehead atoms. The first-order chi connectivity index (χ1) is 18.8. The minimum Gasteiger partial charge on any atom is -0.465 e. The number of carboxylic acid groups (broad SMARTS) is 1. The zero-order valence-electron chi connectivity index (χ0n) is 21.9. The van der Waals surface area contributed by atoms with Crippen molar-refractivity contribution in [2.24, 2.45) is 0 Å². The number of benzene rings is 2. The van der Waals surface area contributed by atoms with E-state index in [1.54, 1.807) is 26.2 Å². The number of anilines is 3. The van der Waals surface area contributed by atoms with E-state index >= 15 is 0 Å². The zero-order chi connectivity index (χ0) is 27.8. The molecule has 202 valence electrons. The molecule has 0 radical (unpaired) electrons. The molecule has 1 saturated heterocycles. The Morgan fingerprint density at radius 2 is 1.77 bits per heavy atom. The van der Waals surface area contributed by atoms with Crippen molar-refractivity contribution in [2.75, 3.05) is 50.9 Å². The van der Waals surface area contributed by atoms with E-state index in [4.69, 9.17) is 10.4 Å². The van der Waals surface area contributed by atoms with E-state index in [2.05, 4.69) is 36.6 Å². The van der Waals surface area contributed by atoms with Crippen LogP contribution in [-0.2, 0) is 17.8 Å². The van der Waals surface area contributed by atoms with Crippen LogP contribution in [0.1, 0.15) is 16.7 Å². The van der Waals surface area contributed by atoms with Crippen LogP contribution in [0, 0.1) is 11.3 Å². The van der Waals surface area contributed by atoms with Crippen LogP contribution < -0.4 is 10.6 Å². The Hall–Kier alpha value is -4.76. The molecule has 2 amide bonds. The molecule has 3 N–H and O–H groups in total. The summed E-state index contributed by atoms with van der Waals surface area (Å²) in [5.74, 6) is 0.453. The number of aromatic nitrogens is 3. The number of likely N-dealkylation sites (N-methyl/N-ethyl adjacent to an activating group) is 1. The first-order valence-electron chi connectivity index (χ1n) is 12.5. The fourth-order valence-corrected chi connectivity index (χ4v) is 4.28. The minimum atomic E-state index is -0.876. The van der Waals surface area contributed by atoms with Crippen LogP contribution in [0.25, 0.3) is 0 Å². The van der Waals surface area contributed by atoms with Crippen LogP contribution in [0.5, 0.6) is 0 Å². The normalized spacial score (nSPS) is 14.2. The Labute approximate surface area is 226 Å². The average Bonchev–Trinajstić information content (AvgIpc) is 2.93. The Balaban J connectivity index is 1.41. The van der Waals surface area contributed by atoms with Gasteiger partial charge in [0.15, 0.2) is 0 Å². The van der Waals surface area contributed by atoms with Crippen LogP contribution in [0.4, 0.5) is 22.4 Å². The summed E-state index contributed by atoms with van der Waals surface area (Å²) in [7, 11) is 3.38. The summed E-state index contributed by atoms with van der Waals surface area (Å²) >= 11 is 0. The summed E-state index contributed by atoms with van der Waals surface area (Å²) < 4.78 is 0. The van der Waals surface area contributed by atoms with Gasteiger partial charge in [-0.05, 0) is 35.4 Å². The number of nitrogens with zero attached hydrogens (tertiary/aromatic N) is 7. The second-order valence-corrected chi connectivity index (χ2v) is 9.45. The van der Waals surface area contributed by atoms with Gasteiger partial charge in [-0.25, -0.2) is 14.8 Å². The topological polar surface area (TPSA) is 151 Å². The molecule has 1 atom stereocenters. The SMILES string of the molecule is CN(C)C(=O)C(Cc1ccc(C#N)cc1)Nc1ncnc(Nc2cccc(CN3CCN(C(=O)O)CC3)c2)n1. The second-order valence-electron chi connectivity index (χ2n) is 9.45. The average molecular weight is 530 g/mol. The predicted molar refractivity (Wildman–Crippen MR) is 145 cm³/mol. The lowest BCUT2D eigenvalue weighted by molar-refractivity contribution is -0.129. The summed E-state index contributed by atoms with van der Waals surface area (Å²) in [6.45, 7) is 3.06. The smallest absolute Gasteiger partial charge is 0.407 e. The van der Waals surface area contributed by atoms with Gasteiger partial charge in [0.05, 0.1) is 11.6 Å². The van der Waals surface area contributed by atoms with E-state index in [1.807, 2.05) is 36.4 Å². The number of carbonyl (C=O) groups excluding carboxylic acids is 1. The molecule has 1 fully saturated rings. The number of nitrogens with one attached hydrogen (secondary N) is 2. The highest BCUT2D eigenvalue weighted by Gasteiger charge is 2.22. The fourth-order valence-electron chi connectivity index (χ4n) is 4.28. The third-order valence-electron chi connectivity index (χ3n) is 6.37. The monoisotopic (exact) mass is 529 g/mol. The molecule has 0 saturated carbocycles. The van der Waals surface area contributed by atoms with Gasteiger partial charge >= 0.3 is 6.09 Å². The quantitative estimate of drug-likeness (QED) is 0.377. The number of amides is 2. The number of piperazine rings is 1. The Bertz CT molecular complexity index is 1330. The van der Waals surface area contributed by atoms with Crippen molar-refractivity contribution >= 4 is 29.6 Å². The molecule has 1 aliphatic heterocycles. The van der Waals surface area contributed by atoms with Gasteiger partial charge in [0, 0.05) is 58.9 Å². The lowest BCUT2D eigenvalue weighted by Gasteiger charge is -2.33. The van der Waals surface area contributed by atoms with Crippen molar-refractivity contribution in [3.05, 3.63) is 71.5 Å². The van der Waals surface area contributed by atoms with Gasteiger partial charge in [-0.15, -0.1) is 0 Å². The van der Waals surface area contributed by atoms with Crippen molar-refractivity contribution < 1.29 is 14.7 Å². The van der Waals surface area contributed by atoms with E-state index in [0.717, 1.165) is 16.8 Å². The van der Waals surface area contributed by atoms with Crippen LogP contribution in [0.15, 0.2) is 54.9 Å². The van der Waals surface area contributed by atoms with Crippen LogP contribution >= 0.6 is 0 Å². The molecule has 12 nitrogen and oxygen atoms in total. The number of hydrogen-bond donors (Lipinski definition) is 3. The molecule has 1 aliphatic rings. The third kappa shape index (κ3) is 7.62. The van der Waals surface area contributed by atoms with E-state index in [0.29, 0.717) is 50.7 Å². The minimum absolute atomic E-state index is 0.133. The summed E-state index contributed by atoms with van der Waals surface area (Å²) in [6, 6.07) is 16.5. The van der Waals surface area contributed by atoms with Gasteiger partial charge in [0.2, 0.25) is 17.8 Å². The summed E-state index contributed by atoms with van der Waals surface area (Å²) in [6.07, 6.45) is 0.890. The molecule has 12 heteroatoms. The maximum Gasteiger partial charge on any atom is 0.407 e. The third-order valence-corrected chi connectivity index (χ3v) is 6.37. The lowest BCUT2D eigenvalue weighted by Crippen LogP contribution is -2.47. The van der Waals surface area contributed by atoms with Crippen molar-refractivity contribution in [3.8, 4) is 6.07 Å². The molecule has 2 aromatic carbocycles.